The van der Waals surface area contributed by atoms with Gasteiger partial charge in [0.25, 0.3) is 6.57 Å². The normalized spacial score (nSPS) is 21.2. The van der Waals surface area contributed by atoms with Gasteiger partial charge in [0, 0.05) is 31.5 Å². The molecule has 1 heterocycles. The van der Waals surface area contributed by atoms with Crippen molar-refractivity contribution in [3.05, 3.63) is 0 Å². The quantitative estimate of drug-likeness (QED) is 0.682. The van der Waals surface area contributed by atoms with E-state index in [0.717, 1.165) is 38.6 Å². The van der Waals surface area contributed by atoms with Crippen molar-refractivity contribution in [3.63, 3.8) is 0 Å². The minimum Gasteiger partial charge on any atom is -0.379 e. The van der Waals surface area contributed by atoms with Gasteiger partial charge in [-0.25, -0.2) is 0 Å². The third-order valence-electron chi connectivity index (χ3n) is 2.88. The Labute approximate surface area is 134 Å². The van der Waals surface area contributed by atoms with E-state index in [0.29, 0.717) is 6.16 Å². The number of ether oxygens (including phenoxy) is 1. The smallest absolute Gasteiger partial charge is 0.258 e. The molecule has 0 N–H and O–H groups in total. The summed E-state index contributed by atoms with van der Waals surface area (Å²) >= 11 is 1.52. The van der Waals surface area contributed by atoms with Gasteiger partial charge in [0.15, 0.2) is 0 Å². The lowest BCUT2D eigenvalue weighted by Gasteiger charge is -2.32. The summed E-state index contributed by atoms with van der Waals surface area (Å²) < 4.78 is 24.5. The van der Waals surface area contributed by atoms with Crippen molar-refractivity contribution in [2.24, 2.45) is 5.41 Å². The zero-order chi connectivity index (χ0) is 16.1. The second-order valence-electron chi connectivity index (χ2n) is 7.82. The molecule has 0 aliphatic carbocycles. The lowest BCUT2D eigenvalue weighted by molar-refractivity contribution is 0.0410. The molecule has 1 aliphatic heterocycles. The van der Waals surface area contributed by atoms with E-state index in [-0.39, 0.29) is 11.0 Å². The minimum absolute atomic E-state index is 0.00669. The Bertz CT molecular complexity index is 337. The van der Waals surface area contributed by atoms with Crippen LogP contribution in [0.25, 0.3) is 0 Å². The first-order valence-electron chi connectivity index (χ1n) is 7.74. The second kappa shape index (κ2) is 7.83. The van der Waals surface area contributed by atoms with Gasteiger partial charge in [-0.3, -0.25) is 9.46 Å². The van der Waals surface area contributed by atoms with Gasteiger partial charge in [-0.05, 0) is 26.2 Å². The van der Waals surface area contributed by atoms with Crippen molar-refractivity contribution >= 4 is 18.0 Å². The fourth-order valence-corrected chi connectivity index (χ4v) is 8.40. The van der Waals surface area contributed by atoms with Crippen LogP contribution in [0, 0.1) is 5.41 Å². The number of rotatable bonds is 6. The zero-order valence-electron chi connectivity index (χ0n) is 14.5. The maximum atomic E-state index is 13.2. The largest absolute Gasteiger partial charge is 0.379 e. The Morgan fingerprint density at radius 2 is 1.71 bits per heavy atom. The molecule has 1 saturated heterocycles. The summed E-state index contributed by atoms with van der Waals surface area (Å²) in [5, 5.41) is 0. The predicted octanol–water partition coefficient (Wildman–Crippen LogP) is 4.11. The molecular formula is C15H32NO3PS. The van der Waals surface area contributed by atoms with Crippen molar-refractivity contribution in [1.29, 1.82) is 0 Å². The van der Waals surface area contributed by atoms with Crippen molar-refractivity contribution < 1.29 is 13.8 Å². The summed E-state index contributed by atoms with van der Waals surface area (Å²) in [6, 6.07) is 0. The molecule has 0 spiro atoms. The van der Waals surface area contributed by atoms with Crippen LogP contribution in [0.3, 0.4) is 0 Å². The van der Waals surface area contributed by atoms with Crippen LogP contribution in [0.5, 0.6) is 0 Å². The molecule has 21 heavy (non-hydrogen) atoms. The summed E-state index contributed by atoms with van der Waals surface area (Å²) in [4.78, 5) is 2.37. The van der Waals surface area contributed by atoms with Crippen molar-refractivity contribution in [2.45, 2.75) is 47.1 Å². The molecule has 0 radical (unpaired) electrons. The molecule has 0 aromatic carbocycles. The van der Waals surface area contributed by atoms with Crippen molar-refractivity contribution in [1.82, 2.24) is 4.90 Å². The molecule has 0 aromatic rings. The Hall–Kier alpha value is 0.460. The van der Waals surface area contributed by atoms with E-state index in [9.17, 15) is 4.57 Å². The van der Waals surface area contributed by atoms with Crippen molar-refractivity contribution in [3.8, 4) is 0 Å². The summed E-state index contributed by atoms with van der Waals surface area (Å²) in [5.74, 6) is 0.851. The van der Waals surface area contributed by atoms with E-state index in [2.05, 4.69) is 25.7 Å². The van der Waals surface area contributed by atoms with E-state index in [4.69, 9.17) is 9.26 Å². The molecule has 4 nitrogen and oxygen atoms in total. The fourth-order valence-electron chi connectivity index (χ4n) is 2.24. The van der Waals surface area contributed by atoms with Crippen LogP contribution >= 0.6 is 18.0 Å². The number of hydrogen-bond acceptors (Lipinski definition) is 5. The van der Waals surface area contributed by atoms with Crippen LogP contribution in [0.15, 0.2) is 0 Å². The molecular weight excluding hydrogens is 305 g/mol. The molecule has 126 valence electrons. The lowest BCUT2D eigenvalue weighted by Crippen LogP contribution is -2.37. The maximum Gasteiger partial charge on any atom is 0.258 e. The van der Waals surface area contributed by atoms with Gasteiger partial charge < -0.3 is 9.26 Å². The molecule has 6 heteroatoms. The zero-order valence-corrected chi connectivity index (χ0v) is 16.2. The third-order valence-corrected chi connectivity index (χ3v) is 8.14. The monoisotopic (exact) mass is 337 g/mol. The average Bonchev–Trinajstić information content (AvgIpc) is 2.24. The van der Waals surface area contributed by atoms with Gasteiger partial charge in [-0.2, -0.15) is 0 Å². The minimum atomic E-state index is -2.67. The highest BCUT2D eigenvalue weighted by molar-refractivity contribution is 8.56. The van der Waals surface area contributed by atoms with Gasteiger partial charge in [-0.1, -0.05) is 32.2 Å². The Morgan fingerprint density at radius 3 is 2.19 bits per heavy atom. The van der Waals surface area contributed by atoms with Crippen LogP contribution in [-0.4, -0.2) is 55.3 Å². The van der Waals surface area contributed by atoms with Crippen LogP contribution in [0.2, 0.25) is 0 Å². The van der Waals surface area contributed by atoms with Gasteiger partial charge in [0.05, 0.1) is 18.8 Å². The molecule has 0 amide bonds. The third kappa shape index (κ3) is 9.25. The SMILES string of the molecule is CC(C)(C)CP(=O)(OC(C)(C)C)SCCN1CCOCC1. The molecule has 1 fully saturated rings. The van der Waals surface area contributed by atoms with Crippen molar-refractivity contribution in [2.75, 3.05) is 44.8 Å². The molecule has 0 aromatic heterocycles. The first kappa shape index (κ1) is 19.5. The highest BCUT2D eigenvalue weighted by atomic mass is 32.7. The number of nitrogens with zero attached hydrogens (tertiary/aromatic N) is 1. The maximum absolute atomic E-state index is 13.2. The number of hydrogen-bond donors (Lipinski definition) is 0. The second-order valence-corrected chi connectivity index (χ2v) is 12.7. The van der Waals surface area contributed by atoms with E-state index in [1.54, 1.807) is 0 Å². The molecule has 1 unspecified atom stereocenters. The van der Waals surface area contributed by atoms with Crippen LogP contribution in [0.4, 0.5) is 0 Å². The number of morpholine rings is 1. The predicted molar refractivity (Wildman–Crippen MR) is 92.5 cm³/mol. The van der Waals surface area contributed by atoms with Gasteiger partial charge >= 0.3 is 0 Å². The molecule has 0 saturated carbocycles. The Kier molecular flexibility index (Phi) is 7.27. The molecule has 1 atom stereocenters. The lowest BCUT2D eigenvalue weighted by atomic mass is 10.0. The van der Waals surface area contributed by atoms with Crippen LogP contribution < -0.4 is 0 Å². The van der Waals surface area contributed by atoms with Gasteiger partial charge in [0.1, 0.15) is 0 Å². The summed E-state index contributed by atoms with van der Waals surface area (Å²) in [5.41, 5.74) is -0.362. The van der Waals surface area contributed by atoms with Gasteiger partial charge in [-0.15, -0.1) is 0 Å². The first-order valence-corrected chi connectivity index (χ1v) is 11.1. The Balaban J connectivity index is 2.53. The highest BCUT2D eigenvalue weighted by Gasteiger charge is 2.34. The van der Waals surface area contributed by atoms with E-state index in [1.807, 2.05) is 20.8 Å². The van der Waals surface area contributed by atoms with E-state index in [1.165, 1.54) is 11.4 Å². The molecule has 1 rings (SSSR count). The summed E-state index contributed by atoms with van der Waals surface area (Å²) in [6.07, 6.45) is 0.616. The molecule has 1 aliphatic rings. The summed E-state index contributed by atoms with van der Waals surface area (Å²) in [6.45, 7) is 14.1. The van der Waals surface area contributed by atoms with E-state index < -0.39 is 6.57 Å². The Morgan fingerprint density at radius 1 is 1.14 bits per heavy atom. The summed E-state index contributed by atoms with van der Waals surface area (Å²) in [7, 11) is 0. The fraction of sp³-hybridized carbons (Fsp3) is 1.00. The first-order chi connectivity index (χ1) is 9.49. The molecule has 0 bridgehead atoms. The van der Waals surface area contributed by atoms with Crippen LogP contribution in [0.1, 0.15) is 41.5 Å². The highest BCUT2D eigenvalue weighted by Crippen LogP contribution is 2.64. The average molecular weight is 337 g/mol. The van der Waals surface area contributed by atoms with E-state index >= 15 is 0 Å². The van der Waals surface area contributed by atoms with Gasteiger partial charge in [0.2, 0.25) is 0 Å². The standard InChI is InChI=1S/C15H32NO3PS/c1-14(2,3)13-20(17,19-15(4,5)6)21-12-9-16-7-10-18-11-8-16/h7-13H2,1-6H3. The topological polar surface area (TPSA) is 38.8 Å². The van der Waals surface area contributed by atoms with Crippen LogP contribution in [-0.2, 0) is 13.8 Å².